The van der Waals surface area contributed by atoms with E-state index in [1.54, 1.807) is 0 Å². The lowest BCUT2D eigenvalue weighted by Crippen LogP contribution is -2.29. The third kappa shape index (κ3) is 2.41. The van der Waals surface area contributed by atoms with Gasteiger partial charge < -0.3 is 10.5 Å². The molecule has 1 aromatic rings. The topological polar surface area (TPSA) is 76.1 Å². The Balaban J connectivity index is 2.17. The maximum Gasteiger partial charge on any atom is 0.205 e. The summed E-state index contributed by atoms with van der Waals surface area (Å²) < 4.78 is 6.54. The van der Waals surface area contributed by atoms with Gasteiger partial charge in [0.05, 0.1) is 9.70 Å². The Labute approximate surface area is 135 Å². The molecule has 0 spiro atoms. The third-order valence-corrected chi connectivity index (χ3v) is 5.43. The van der Waals surface area contributed by atoms with Crippen molar-refractivity contribution in [1.82, 2.24) is 0 Å². The van der Waals surface area contributed by atoms with E-state index in [2.05, 4.69) is 22.0 Å². The van der Waals surface area contributed by atoms with Gasteiger partial charge >= 0.3 is 0 Å². The van der Waals surface area contributed by atoms with E-state index < -0.39 is 5.92 Å². The number of rotatable bonds is 1. The first-order chi connectivity index (χ1) is 10.0. The molecule has 3 rings (SSSR count). The first-order valence-corrected chi connectivity index (χ1v) is 8.21. The number of hydrogen-bond donors (Lipinski definition) is 1. The summed E-state index contributed by atoms with van der Waals surface area (Å²) >= 11 is 4.93. The van der Waals surface area contributed by atoms with Crippen LogP contribution in [0.5, 0.6) is 0 Å². The number of nitrogens with two attached hydrogens (primary N) is 1. The van der Waals surface area contributed by atoms with Gasteiger partial charge in [-0.3, -0.25) is 4.79 Å². The fourth-order valence-electron chi connectivity index (χ4n) is 2.86. The van der Waals surface area contributed by atoms with Crippen LogP contribution < -0.4 is 5.73 Å². The summed E-state index contributed by atoms with van der Waals surface area (Å²) in [6, 6.07) is 5.95. The van der Waals surface area contributed by atoms with Crippen molar-refractivity contribution in [1.29, 1.82) is 5.26 Å². The molecule has 0 fully saturated rings. The van der Waals surface area contributed by atoms with Crippen LogP contribution in [0.15, 0.2) is 38.7 Å². The van der Waals surface area contributed by atoms with Crippen LogP contribution in [0.4, 0.5) is 0 Å². The number of halogens is 1. The van der Waals surface area contributed by atoms with E-state index in [0.29, 0.717) is 29.7 Å². The average molecular weight is 365 g/mol. The first-order valence-electron chi connectivity index (χ1n) is 6.60. The van der Waals surface area contributed by atoms with Gasteiger partial charge in [-0.2, -0.15) is 5.26 Å². The number of ether oxygens (including phenoxy) is 1. The Kier molecular flexibility index (Phi) is 3.64. The molecule has 6 heteroatoms. The highest BCUT2D eigenvalue weighted by molar-refractivity contribution is 9.11. The second-order valence-electron chi connectivity index (χ2n) is 5.34. The van der Waals surface area contributed by atoms with Gasteiger partial charge in [0.2, 0.25) is 5.88 Å². The van der Waals surface area contributed by atoms with E-state index in [1.807, 2.05) is 19.1 Å². The summed E-state index contributed by atoms with van der Waals surface area (Å²) in [6.07, 6.45) is 1.17. The first kappa shape index (κ1) is 14.4. The molecule has 4 nitrogen and oxygen atoms in total. The van der Waals surface area contributed by atoms with Crippen molar-refractivity contribution in [3.63, 3.8) is 0 Å². The van der Waals surface area contributed by atoms with Crippen LogP contribution in [0, 0.1) is 17.2 Å². The van der Waals surface area contributed by atoms with Gasteiger partial charge in [0.15, 0.2) is 5.78 Å². The van der Waals surface area contributed by atoms with Crippen LogP contribution in [-0.2, 0) is 9.53 Å². The highest BCUT2D eigenvalue weighted by Gasteiger charge is 2.40. The molecule has 2 N–H and O–H groups in total. The van der Waals surface area contributed by atoms with Gasteiger partial charge in [0, 0.05) is 23.3 Å². The number of nitriles is 1. The Morgan fingerprint density at radius 1 is 1.48 bits per heavy atom. The molecule has 0 radical (unpaired) electrons. The molecule has 1 aromatic heterocycles. The molecule has 21 heavy (non-hydrogen) atoms. The summed E-state index contributed by atoms with van der Waals surface area (Å²) in [5.74, 6) is 0.648. The molecule has 0 unspecified atom stereocenters. The lowest BCUT2D eigenvalue weighted by molar-refractivity contribution is -0.117. The lowest BCUT2D eigenvalue weighted by atomic mass is 9.78. The number of allylic oxidation sites excluding steroid dienone is 3. The van der Waals surface area contributed by atoms with Crippen LogP contribution >= 0.6 is 27.3 Å². The zero-order valence-electron chi connectivity index (χ0n) is 11.4. The number of Topliss-reactive ketones (excluding diaryl/α,β-unsaturated/α-hetero) is 1. The van der Waals surface area contributed by atoms with Crippen molar-refractivity contribution >= 4 is 33.0 Å². The van der Waals surface area contributed by atoms with Crippen molar-refractivity contribution in [2.24, 2.45) is 11.7 Å². The fourth-order valence-corrected chi connectivity index (χ4v) is 4.40. The summed E-state index contributed by atoms with van der Waals surface area (Å²) in [4.78, 5) is 13.4. The third-order valence-electron chi connectivity index (χ3n) is 3.74. The monoisotopic (exact) mass is 364 g/mol. The van der Waals surface area contributed by atoms with Crippen molar-refractivity contribution in [3.05, 3.63) is 43.6 Å². The summed E-state index contributed by atoms with van der Waals surface area (Å²) in [5.41, 5.74) is 6.83. The molecule has 2 atom stereocenters. The van der Waals surface area contributed by atoms with Crippen LogP contribution in [-0.4, -0.2) is 5.78 Å². The molecule has 0 aromatic carbocycles. The van der Waals surface area contributed by atoms with Crippen molar-refractivity contribution in [3.8, 4) is 6.07 Å². The van der Waals surface area contributed by atoms with Crippen LogP contribution in [0.3, 0.4) is 0 Å². The smallest absolute Gasteiger partial charge is 0.205 e. The highest BCUT2D eigenvalue weighted by Crippen LogP contribution is 2.46. The van der Waals surface area contributed by atoms with Gasteiger partial charge in [-0.15, -0.1) is 11.3 Å². The second-order valence-corrected chi connectivity index (χ2v) is 7.83. The molecule has 108 valence electrons. The van der Waals surface area contributed by atoms with Gasteiger partial charge in [-0.1, -0.05) is 6.92 Å². The number of nitrogens with zero attached hydrogens (tertiary/aromatic N) is 1. The Hall–Kier alpha value is -1.58. The SMILES string of the molecule is C[C@H]1CC(=O)C2=C(C1)OC(N)=C(C#N)[C@@H]2c1ccc(Br)s1. The average Bonchev–Trinajstić information content (AvgIpc) is 2.83. The van der Waals surface area contributed by atoms with E-state index in [4.69, 9.17) is 10.5 Å². The zero-order valence-corrected chi connectivity index (χ0v) is 13.8. The van der Waals surface area contributed by atoms with E-state index in [1.165, 1.54) is 11.3 Å². The largest absolute Gasteiger partial charge is 0.444 e. The van der Waals surface area contributed by atoms with E-state index in [9.17, 15) is 10.1 Å². The summed E-state index contributed by atoms with van der Waals surface area (Å²) in [6.45, 7) is 2.02. The molecule has 0 amide bonds. The fraction of sp³-hybridized carbons (Fsp3) is 0.333. The van der Waals surface area contributed by atoms with Crippen molar-refractivity contribution < 1.29 is 9.53 Å². The molecule has 2 aliphatic rings. The number of thiophene rings is 1. The molecule has 2 heterocycles. The zero-order chi connectivity index (χ0) is 15.1. The molecular weight excluding hydrogens is 352 g/mol. The predicted molar refractivity (Wildman–Crippen MR) is 83.1 cm³/mol. The number of ketones is 1. The minimum atomic E-state index is -0.393. The van der Waals surface area contributed by atoms with Crippen LogP contribution in [0.25, 0.3) is 0 Å². The maximum absolute atomic E-state index is 12.5. The van der Waals surface area contributed by atoms with Gasteiger partial charge in [0.25, 0.3) is 0 Å². The molecular formula is C15H13BrN2O2S. The maximum atomic E-state index is 12.5. The van der Waals surface area contributed by atoms with Gasteiger partial charge in [-0.25, -0.2) is 0 Å². The Morgan fingerprint density at radius 3 is 2.86 bits per heavy atom. The second kappa shape index (κ2) is 5.32. The molecule has 0 bridgehead atoms. The normalized spacial score (nSPS) is 25.5. The number of hydrogen-bond acceptors (Lipinski definition) is 5. The van der Waals surface area contributed by atoms with Crippen molar-refractivity contribution in [2.75, 3.05) is 0 Å². The van der Waals surface area contributed by atoms with E-state index in [0.717, 1.165) is 8.66 Å². The minimum Gasteiger partial charge on any atom is -0.444 e. The standard InChI is InChI=1S/C15H13BrN2O2S/c1-7-4-9(19)14-10(5-7)20-15(18)8(6-17)13(14)11-2-3-12(16)21-11/h2-3,7,13H,4-5,18H2,1H3/t7-,13+/m0/s1. The summed E-state index contributed by atoms with van der Waals surface area (Å²) in [5, 5.41) is 9.42. The lowest BCUT2D eigenvalue weighted by Gasteiger charge is -2.32. The van der Waals surface area contributed by atoms with Gasteiger partial charge in [0.1, 0.15) is 17.4 Å². The van der Waals surface area contributed by atoms with E-state index >= 15 is 0 Å². The highest BCUT2D eigenvalue weighted by atomic mass is 79.9. The molecule has 0 saturated heterocycles. The van der Waals surface area contributed by atoms with Crippen molar-refractivity contribution in [2.45, 2.75) is 25.7 Å². The van der Waals surface area contributed by atoms with Crippen LogP contribution in [0.1, 0.15) is 30.6 Å². The Bertz CT molecular complexity index is 726. The number of carbonyl (C=O) groups excluding carboxylic acids is 1. The Morgan fingerprint density at radius 2 is 2.24 bits per heavy atom. The van der Waals surface area contributed by atoms with Gasteiger partial charge in [-0.05, 0) is 34.0 Å². The summed E-state index contributed by atoms with van der Waals surface area (Å²) in [7, 11) is 0. The molecule has 1 aliphatic heterocycles. The number of carbonyl (C=O) groups is 1. The molecule has 0 saturated carbocycles. The quantitative estimate of drug-likeness (QED) is 0.826. The van der Waals surface area contributed by atoms with E-state index in [-0.39, 0.29) is 17.6 Å². The predicted octanol–water partition coefficient (Wildman–Crippen LogP) is 3.57. The molecule has 1 aliphatic carbocycles. The minimum absolute atomic E-state index is 0.0542. The van der Waals surface area contributed by atoms with Crippen LogP contribution in [0.2, 0.25) is 0 Å².